The lowest BCUT2D eigenvalue weighted by molar-refractivity contribution is -0.140. The molecule has 0 spiro atoms. The molecule has 1 unspecified atom stereocenters. The normalized spacial score (nSPS) is 12.5. The van der Waals surface area contributed by atoms with Gasteiger partial charge in [0, 0.05) is 23.7 Å². The molecule has 1 atom stereocenters. The number of thioether (sulfide) groups is 1. The third-order valence-electron chi connectivity index (χ3n) is 2.92. The van der Waals surface area contributed by atoms with Crippen molar-refractivity contribution in [2.75, 3.05) is 24.2 Å². The molecule has 0 fully saturated rings. The van der Waals surface area contributed by atoms with E-state index in [4.69, 9.17) is 5.11 Å². The molecular weight excluding hydrogens is 258 g/mol. The molecule has 0 saturated heterocycles. The number of benzene rings is 1. The van der Waals surface area contributed by atoms with Gasteiger partial charge in [0.15, 0.2) is 0 Å². The predicted molar refractivity (Wildman–Crippen MR) is 82.1 cm³/mol. The van der Waals surface area contributed by atoms with Gasteiger partial charge in [0.1, 0.15) is 0 Å². The van der Waals surface area contributed by atoms with Crippen LogP contribution in [0.4, 0.5) is 5.69 Å². The Morgan fingerprint density at radius 3 is 2.53 bits per heavy atom. The zero-order valence-corrected chi connectivity index (χ0v) is 12.9. The number of hydrogen-bond donors (Lipinski definition) is 1. The van der Waals surface area contributed by atoms with E-state index in [0.717, 1.165) is 12.2 Å². The molecule has 0 aliphatic heterocycles. The molecule has 1 N–H and O–H groups in total. The SMILES string of the molecule is CSc1cccc(N(CC(C)C)CC(C)C(=O)O)c1. The molecule has 1 aromatic carbocycles. The average molecular weight is 281 g/mol. The van der Waals surface area contributed by atoms with E-state index >= 15 is 0 Å². The van der Waals surface area contributed by atoms with Gasteiger partial charge < -0.3 is 10.0 Å². The van der Waals surface area contributed by atoms with Crippen LogP contribution in [0.2, 0.25) is 0 Å². The van der Waals surface area contributed by atoms with Gasteiger partial charge in [0.05, 0.1) is 5.92 Å². The zero-order valence-electron chi connectivity index (χ0n) is 12.1. The fourth-order valence-electron chi connectivity index (χ4n) is 1.94. The van der Waals surface area contributed by atoms with Crippen molar-refractivity contribution in [3.05, 3.63) is 24.3 Å². The Bertz CT molecular complexity index is 420. The molecule has 0 heterocycles. The van der Waals surface area contributed by atoms with Gasteiger partial charge in [-0.1, -0.05) is 26.8 Å². The van der Waals surface area contributed by atoms with Crippen molar-refractivity contribution >= 4 is 23.4 Å². The van der Waals surface area contributed by atoms with E-state index in [9.17, 15) is 4.79 Å². The van der Waals surface area contributed by atoms with E-state index in [1.54, 1.807) is 18.7 Å². The van der Waals surface area contributed by atoms with Crippen LogP contribution in [0.25, 0.3) is 0 Å². The Kier molecular flexibility index (Phi) is 6.22. The van der Waals surface area contributed by atoms with Gasteiger partial charge in [-0.3, -0.25) is 4.79 Å². The Morgan fingerprint density at radius 2 is 2.00 bits per heavy atom. The predicted octanol–water partition coefficient (Wildman–Crippen LogP) is 3.59. The van der Waals surface area contributed by atoms with Gasteiger partial charge in [-0.2, -0.15) is 0 Å². The second-order valence-corrected chi connectivity index (χ2v) is 6.12. The number of carboxylic acid groups (broad SMARTS) is 1. The molecule has 0 saturated carbocycles. The molecule has 0 bridgehead atoms. The first-order valence-corrected chi connectivity index (χ1v) is 7.78. The van der Waals surface area contributed by atoms with E-state index in [2.05, 4.69) is 36.9 Å². The van der Waals surface area contributed by atoms with E-state index in [1.807, 2.05) is 12.3 Å². The summed E-state index contributed by atoms with van der Waals surface area (Å²) in [5.74, 6) is -0.606. The van der Waals surface area contributed by atoms with Crippen molar-refractivity contribution in [2.24, 2.45) is 11.8 Å². The summed E-state index contributed by atoms with van der Waals surface area (Å²) in [4.78, 5) is 14.4. The highest BCUT2D eigenvalue weighted by molar-refractivity contribution is 7.98. The maximum Gasteiger partial charge on any atom is 0.308 e. The second-order valence-electron chi connectivity index (χ2n) is 5.24. The molecule has 0 aliphatic rings. The second kappa shape index (κ2) is 7.43. The third kappa shape index (κ3) is 5.15. The molecule has 19 heavy (non-hydrogen) atoms. The Labute approximate surface area is 120 Å². The minimum absolute atomic E-state index is 0.364. The first-order chi connectivity index (χ1) is 8.93. The molecule has 1 rings (SSSR count). The maximum atomic E-state index is 11.0. The van der Waals surface area contributed by atoms with Crippen molar-refractivity contribution in [3.63, 3.8) is 0 Å². The van der Waals surface area contributed by atoms with Crippen molar-refractivity contribution in [3.8, 4) is 0 Å². The van der Waals surface area contributed by atoms with Crippen LogP contribution in [0.5, 0.6) is 0 Å². The molecule has 3 nitrogen and oxygen atoms in total. The van der Waals surface area contributed by atoms with Crippen molar-refractivity contribution in [2.45, 2.75) is 25.7 Å². The number of carbonyl (C=O) groups is 1. The molecule has 0 aromatic heterocycles. The van der Waals surface area contributed by atoms with Gasteiger partial charge in [-0.05, 0) is 30.4 Å². The number of hydrogen-bond acceptors (Lipinski definition) is 3. The number of carboxylic acids is 1. The largest absolute Gasteiger partial charge is 0.481 e. The van der Waals surface area contributed by atoms with Gasteiger partial charge in [0.25, 0.3) is 0 Å². The highest BCUT2D eigenvalue weighted by Crippen LogP contribution is 2.23. The van der Waals surface area contributed by atoms with Crippen molar-refractivity contribution < 1.29 is 9.90 Å². The van der Waals surface area contributed by atoms with E-state index < -0.39 is 5.97 Å². The smallest absolute Gasteiger partial charge is 0.308 e. The minimum Gasteiger partial charge on any atom is -0.481 e. The van der Waals surface area contributed by atoms with Gasteiger partial charge in [0.2, 0.25) is 0 Å². The Morgan fingerprint density at radius 1 is 1.32 bits per heavy atom. The van der Waals surface area contributed by atoms with Crippen molar-refractivity contribution in [1.29, 1.82) is 0 Å². The van der Waals surface area contributed by atoms with Gasteiger partial charge in [-0.25, -0.2) is 0 Å². The van der Waals surface area contributed by atoms with Crippen LogP contribution in [-0.2, 0) is 4.79 Å². The monoisotopic (exact) mass is 281 g/mol. The van der Waals surface area contributed by atoms with Crippen LogP contribution < -0.4 is 4.90 Å². The molecular formula is C15H23NO2S. The lowest BCUT2D eigenvalue weighted by Crippen LogP contribution is -2.34. The Balaban J connectivity index is 2.91. The molecule has 0 radical (unpaired) electrons. The van der Waals surface area contributed by atoms with E-state index in [1.165, 1.54) is 4.90 Å². The van der Waals surface area contributed by atoms with Crippen LogP contribution in [0.3, 0.4) is 0 Å². The summed E-state index contributed by atoms with van der Waals surface area (Å²) in [5.41, 5.74) is 1.11. The molecule has 4 heteroatoms. The summed E-state index contributed by atoms with van der Waals surface area (Å²) >= 11 is 1.70. The van der Waals surface area contributed by atoms with E-state index in [0.29, 0.717) is 12.5 Å². The van der Waals surface area contributed by atoms with Gasteiger partial charge >= 0.3 is 5.97 Å². The van der Waals surface area contributed by atoms with Crippen molar-refractivity contribution in [1.82, 2.24) is 0 Å². The highest BCUT2D eigenvalue weighted by atomic mass is 32.2. The molecule has 0 aliphatic carbocycles. The first kappa shape index (κ1) is 15.9. The maximum absolute atomic E-state index is 11.0. The number of anilines is 1. The third-order valence-corrected chi connectivity index (χ3v) is 3.65. The van der Waals surface area contributed by atoms with Crippen LogP contribution in [0, 0.1) is 11.8 Å². The zero-order chi connectivity index (χ0) is 14.4. The summed E-state index contributed by atoms with van der Waals surface area (Å²) < 4.78 is 0. The number of nitrogens with zero attached hydrogens (tertiary/aromatic N) is 1. The average Bonchev–Trinajstić information content (AvgIpc) is 2.37. The summed E-state index contributed by atoms with van der Waals surface area (Å²) in [6.07, 6.45) is 2.05. The summed E-state index contributed by atoms with van der Waals surface area (Å²) in [5, 5.41) is 9.08. The van der Waals surface area contributed by atoms with Crippen LogP contribution >= 0.6 is 11.8 Å². The van der Waals surface area contributed by atoms with Crippen LogP contribution in [0.15, 0.2) is 29.2 Å². The van der Waals surface area contributed by atoms with Crippen LogP contribution in [-0.4, -0.2) is 30.4 Å². The Hall–Kier alpha value is -1.16. The summed E-state index contributed by atoms with van der Waals surface area (Å²) in [6, 6.07) is 8.28. The standard InChI is InChI=1S/C15H23NO2S/c1-11(2)9-16(10-12(3)15(17)18)13-6-5-7-14(8-13)19-4/h5-8,11-12H,9-10H2,1-4H3,(H,17,18). The number of rotatable bonds is 7. The molecule has 0 amide bonds. The minimum atomic E-state index is -0.741. The van der Waals surface area contributed by atoms with Gasteiger partial charge in [-0.15, -0.1) is 11.8 Å². The first-order valence-electron chi connectivity index (χ1n) is 6.55. The number of aliphatic carboxylic acids is 1. The fraction of sp³-hybridized carbons (Fsp3) is 0.533. The fourth-order valence-corrected chi connectivity index (χ4v) is 2.40. The molecule has 1 aromatic rings. The summed E-state index contributed by atoms with van der Waals surface area (Å²) in [6.45, 7) is 7.47. The van der Waals surface area contributed by atoms with E-state index in [-0.39, 0.29) is 5.92 Å². The highest BCUT2D eigenvalue weighted by Gasteiger charge is 2.17. The summed E-state index contributed by atoms with van der Waals surface area (Å²) in [7, 11) is 0. The lowest BCUT2D eigenvalue weighted by Gasteiger charge is -2.28. The topological polar surface area (TPSA) is 40.5 Å². The quantitative estimate of drug-likeness (QED) is 0.775. The van der Waals surface area contributed by atoms with Crippen LogP contribution in [0.1, 0.15) is 20.8 Å². The lowest BCUT2D eigenvalue weighted by atomic mass is 10.1. The molecule has 106 valence electrons.